The van der Waals surface area contributed by atoms with E-state index in [1.165, 1.54) is 30.4 Å². The van der Waals surface area contributed by atoms with Crippen molar-refractivity contribution >= 4 is 11.7 Å². The van der Waals surface area contributed by atoms with Gasteiger partial charge in [0.1, 0.15) is 5.75 Å². The Bertz CT molecular complexity index is 860. The number of anilines is 1. The van der Waals surface area contributed by atoms with E-state index in [2.05, 4.69) is 23.5 Å². The molecule has 1 aliphatic heterocycles. The van der Waals surface area contributed by atoms with Crippen LogP contribution in [-0.2, 0) is 0 Å². The number of carboxylic acid groups (broad SMARTS) is 1. The van der Waals surface area contributed by atoms with Crippen molar-refractivity contribution in [3.05, 3.63) is 59.2 Å². The Labute approximate surface area is 153 Å². The Balaban J connectivity index is 1.64. The first-order valence-corrected chi connectivity index (χ1v) is 9.44. The number of carboxylic acids is 1. The van der Waals surface area contributed by atoms with Gasteiger partial charge in [0.2, 0.25) is 0 Å². The van der Waals surface area contributed by atoms with Gasteiger partial charge in [-0.3, -0.25) is 0 Å². The molecule has 0 radical (unpaired) electrons. The van der Waals surface area contributed by atoms with E-state index >= 15 is 0 Å². The van der Waals surface area contributed by atoms with Gasteiger partial charge >= 0.3 is 5.97 Å². The van der Waals surface area contributed by atoms with Gasteiger partial charge < -0.3 is 15.2 Å². The largest absolute Gasteiger partial charge is 0.497 e. The minimum atomic E-state index is -0.857. The zero-order valence-corrected chi connectivity index (χ0v) is 14.8. The van der Waals surface area contributed by atoms with E-state index in [0.717, 1.165) is 17.4 Å². The highest BCUT2D eigenvalue weighted by Crippen LogP contribution is 2.64. The number of fused-ring (bicyclic) bond motifs is 7. The predicted octanol–water partition coefficient (Wildman–Crippen LogP) is 4.69. The zero-order valence-electron chi connectivity index (χ0n) is 14.8. The maximum Gasteiger partial charge on any atom is 0.337 e. The van der Waals surface area contributed by atoms with Gasteiger partial charge in [0.25, 0.3) is 0 Å². The van der Waals surface area contributed by atoms with Gasteiger partial charge in [0, 0.05) is 0 Å². The molecule has 5 atom stereocenters. The van der Waals surface area contributed by atoms with Crippen molar-refractivity contribution < 1.29 is 14.6 Å². The van der Waals surface area contributed by atoms with Crippen LogP contribution in [0.3, 0.4) is 0 Å². The number of hydrogen-bond donors (Lipinski definition) is 2. The van der Waals surface area contributed by atoms with Crippen LogP contribution in [0.1, 0.15) is 52.7 Å². The third-order valence-corrected chi connectivity index (χ3v) is 6.83. The average molecular weight is 349 g/mol. The molecular weight excluding hydrogens is 326 g/mol. The maximum atomic E-state index is 11.8. The van der Waals surface area contributed by atoms with Crippen LogP contribution >= 0.6 is 0 Å². The minimum absolute atomic E-state index is 0.161. The molecule has 2 N–H and O–H groups in total. The van der Waals surface area contributed by atoms with Gasteiger partial charge in [-0.2, -0.15) is 0 Å². The van der Waals surface area contributed by atoms with Gasteiger partial charge in [0.05, 0.1) is 24.4 Å². The summed E-state index contributed by atoms with van der Waals surface area (Å²) in [5.74, 6) is 2.42. The number of methoxy groups -OCH3 is 1. The Morgan fingerprint density at radius 3 is 2.62 bits per heavy atom. The summed E-state index contributed by atoms with van der Waals surface area (Å²) < 4.78 is 5.30. The summed E-state index contributed by atoms with van der Waals surface area (Å²) in [6, 6.07) is 14.1. The van der Waals surface area contributed by atoms with E-state index in [4.69, 9.17) is 4.74 Å². The molecule has 0 aromatic heterocycles. The Morgan fingerprint density at radius 1 is 1.12 bits per heavy atom. The first kappa shape index (κ1) is 15.7. The van der Waals surface area contributed by atoms with Crippen molar-refractivity contribution in [2.75, 3.05) is 12.4 Å². The molecule has 2 aromatic rings. The minimum Gasteiger partial charge on any atom is -0.497 e. The van der Waals surface area contributed by atoms with Crippen molar-refractivity contribution in [3.8, 4) is 5.75 Å². The molecule has 2 aliphatic carbocycles. The molecule has 2 aromatic carbocycles. The first-order chi connectivity index (χ1) is 12.7. The molecule has 5 rings (SSSR count). The fourth-order valence-electron chi connectivity index (χ4n) is 5.83. The van der Waals surface area contributed by atoms with Gasteiger partial charge in [-0.1, -0.05) is 24.3 Å². The van der Waals surface area contributed by atoms with Crippen molar-refractivity contribution in [1.29, 1.82) is 0 Å². The molecule has 0 amide bonds. The van der Waals surface area contributed by atoms with Crippen LogP contribution in [-0.4, -0.2) is 18.2 Å². The van der Waals surface area contributed by atoms with Gasteiger partial charge in [0.15, 0.2) is 0 Å². The van der Waals surface area contributed by atoms with Crippen LogP contribution in [0.25, 0.3) is 0 Å². The summed E-state index contributed by atoms with van der Waals surface area (Å²) in [7, 11) is 1.68. The monoisotopic (exact) mass is 349 g/mol. The van der Waals surface area contributed by atoms with Gasteiger partial charge in [-0.25, -0.2) is 4.79 Å². The molecule has 2 fully saturated rings. The van der Waals surface area contributed by atoms with Crippen LogP contribution in [0.5, 0.6) is 5.75 Å². The molecule has 2 bridgehead atoms. The SMILES string of the molecule is COc1ccc([C@@H]2Nc3c(C(=O)O)cccc3[C@@H]3[C@H]4CC[C@@H](C4)[C@H]32)cc1. The highest BCUT2D eigenvalue weighted by Gasteiger charge is 2.54. The third kappa shape index (κ3) is 2.17. The molecule has 1 heterocycles. The first-order valence-electron chi connectivity index (χ1n) is 9.44. The van der Waals surface area contributed by atoms with Crippen LogP contribution in [0, 0.1) is 17.8 Å². The number of aromatic carboxylic acids is 1. The third-order valence-electron chi connectivity index (χ3n) is 6.83. The van der Waals surface area contributed by atoms with Crippen molar-refractivity contribution in [2.24, 2.45) is 17.8 Å². The number of benzene rings is 2. The van der Waals surface area contributed by atoms with Crippen LogP contribution in [0.2, 0.25) is 0 Å². The number of nitrogens with one attached hydrogen (secondary N) is 1. The lowest BCUT2D eigenvalue weighted by molar-refractivity contribution is 0.0697. The van der Waals surface area contributed by atoms with E-state index in [-0.39, 0.29) is 6.04 Å². The van der Waals surface area contributed by atoms with Crippen molar-refractivity contribution in [1.82, 2.24) is 0 Å². The number of carbonyl (C=O) groups is 1. The highest BCUT2D eigenvalue weighted by molar-refractivity contribution is 5.95. The van der Waals surface area contributed by atoms with Crippen LogP contribution < -0.4 is 10.1 Å². The lowest BCUT2D eigenvalue weighted by Crippen LogP contribution is -2.36. The second-order valence-corrected chi connectivity index (χ2v) is 7.91. The second-order valence-electron chi connectivity index (χ2n) is 7.91. The summed E-state index contributed by atoms with van der Waals surface area (Å²) in [5.41, 5.74) is 3.66. The molecular formula is C22H23NO3. The lowest BCUT2D eigenvalue weighted by Gasteiger charge is -2.44. The fourth-order valence-corrected chi connectivity index (χ4v) is 5.83. The molecule has 3 aliphatic rings. The number of hydrogen-bond acceptors (Lipinski definition) is 3. The molecule has 26 heavy (non-hydrogen) atoms. The molecule has 0 spiro atoms. The topological polar surface area (TPSA) is 58.6 Å². The quantitative estimate of drug-likeness (QED) is 0.844. The molecule has 4 heteroatoms. The Morgan fingerprint density at radius 2 is 1.88 bits per heavy atom. The molecule has 4 nitrogen and oxygen atoms in total. The van der Waals surface area contributed by atoms with Gasteiger partial charge in [-0.05, 0) is 72.3 Å². The Kier molecular flexibility index (Phi) is 3.49. The molecule has 134 valence electrons. The standard InChI is InChI=1S/C22H23NO3/c1-26-15-9-7-12(8-10-15)20-19-14-6-5-13(11-14)18(19)16-3-2-4-17(22(24)25)21(16)23-20/h2-4,7-10,13-14,18-20,23H,5-6,11H2,1H3,(H,24,25)/t13-,14-,18-,19+,20-/m0/s1. The van der Waals surface area contributed by atoms with E-state index < -0.39 is 5.97 Å². The van der Waals surface area contributed by atoms with E-state index in [0.29, 0.717) is 23.3 Å². The lowest BCUT2D eigenvalue weighted by atomic mass is 9.67. The molecule has 2 saturated carbocycles. The number of para-hydroxylation sites is 1. The van der Waals surface area contributed by atoms with E-state index in [9.17, 15) is 9.90 Å². The van der Waals surface area contributed by atoms with E-state index in [1.54, 1.807) is 13.2 Å². The predicted molar refractivity (Wildman–Crippen MR) is 99.8 cm³/mol. The molecule has 0 saturated heterocycles. The summed E-state index contributed by atoms with van der Waals surface area (Å²) in [4.78, 5) is 11.8. The highest BCUT2D eigenvalue weighted by atomic mass is 16.5. The molecule has 0 unspecified atom stereocenters. The summed E-state index contributed by atoms with van der Waals surface area (Å²) in [5, 5.41) is 13.3. The normalized spacial score (nSPS) is 31.0. The maximum absolute atomic E-state index is 11.8. The summed E-state index contributed by atoms with van der Waals surface area (Å²) in [6.07, 6.45) is 3.85. The summed E-state index contributed by atoms with van der Waals surface area (Å²) >= 11 is 0. The van der Waals surface area contributed by atoms with Crippen molar-refractivity contribution in [3.63, 3.8) is 0 Å². The second kappa shape index (κ2) is 5.76. The van der Waals surface area contributed by atoms with E-state index in [1.807, 2.05) is 18.2 Å². The van der Waals surface area contributed by atoms with Crippen LogP contribution in [0.4, 0.5) is 5.69 Å². The summed E-state index contributed by atoms with van der Waals surface area (Å²) in [6.45, 7) is 0. The number of rotatable bonds is 3. The van der Waals surface area contributed by atoms with Crippen LogP contribution in [0.15, 0.2) is 42.5 Å². The number of ether oxygens (including phenoxy) is 1. The Hall–Kier alpha value is -2.49. The van der Waals surface area contributed by atoms with Crippen molar-refractivity contribution in [2.45, 2.75) is 31.2 Å². The average Bonchev–Trinajstić information content (AvgIpc) is 3.29. The van der Waals surface area contributed by atoms with Gasteiger partial charge in [-0.15, -0.1) is 0 Å². The zero-order chi connectivity index (χ0) is 17.8. The fraction of sp³-hybridized carbons (Fsp3) is 0.409. The smallest absolute Gasteiger partial charge is 0.337 e.